The van der Waals surface area contributed by atoms with Gasteiger partial charge in [0.05, 0.1) is 16.4 Å². The number of hydrogen-bond acceptors (Lipinski definition) is 5. The van der Waals surface area contributed by atoms with Gasteiger partial charge in [-0.15, -0.1) is 0 Å². The molecular formula is C11H15NO5S2. The second kappa shape index (κ2) is 5.10. The van der Waals surface area contributed by atoms with Crippen LogP contribution < -0.4 is 0 Å². The predicted octanol–water partition coefficient (Wildman–Crippen LogP) is 0.201. The summed E-state index contributed by atoms with van der Waals surface area (Å²) in [4.78, 5) is 0.0598. The van der Waals surface area contributed by atoms with Gasteiger partial charge in [0, 0.05) is 13.1 Å². The van der Waals surface area contributed by atoms with Gasteiger partial charge >= 0.3 is 0 Å². The van der Waals surface area contributed by atoms with Gasteiger partial charge in [0.1, 0.15) is 5.75 Å². The maximum Gasteiger partial charge on any atom is 0.243 e. The highest BCUT2D eigenvalue weighted by Gasteiger charge is 2.28. The summed E-state index contributed by atoms with van der Waals surface area (Å²) < 4.78 is 48.7. The zero-order chi connectivity index (χ0) is 14.1. The zero-order valence-electron chi connectivity index (χ0n) is 10.2. The van der Waals surface area contributed by atoms with E-state index < -0.39 is 19.9 Å². The standard InChI is InChI=1S/C11H15NO5S2/c13-10-2-4-11(5-3-10)19(16,17)12-6-1-8-18(14,15)9-7-12/h2-5,13H,1,6-9H2. The van der Waals surface area contributed by atoms with E-state index in [9.17, 15) is 16.8 Å². The van der Waals surface area contributed by atoms with Gasteiger partial charge < -0.3 is 5.11 Å². The summed E-state index contributed by atoms with van der Waals surface area (Å²) >= 11 is 0. The van der Waals surface area contributed by atoms with Crippen molar-refractivity contribution in [2.45, 2.75) is 11.3 Å². The molecule has 0 atom stereocenters. The van der Waals surface area contributed by atoms with Crippen LogP contribution in [0.5, 0.6) is 5.75 Å². The largest absolute Gasteiger partial charge is 0.508 e. The Morgan fingerprint density at radius 1 is 1.05 bits per heavy atom. The Morgan fingerprint density at radius 2 is 1.68 bits per heavy atom. The van der Waals surface area contributed by atoms with E-state index in [0.717, 1.165) is 0 Å². The van der Waals surface area contributed by atoms with Crippen LogP contribution in [0.4, 0.5) is 0 Å². The Hall–Kier alpha value is -1.12. The van der Waals surface area contributed by atoms with Crippen molar-refractivity contribution in [3.8, 4) is 5.75 Å². The first-order valence-electron chi connectivity index (χ1n) is 5.81. The highest BCUT2D eigenvalue weighted by Crippen LogP contribution is 2.20. The Morgan fingerprint density at radius 3 is 2.32 bits per heavy atom. The maximum atomic E-state index is 12.3. The summed E-state index contributed by atoms with van der Waals surface area (Å²) in [5.74, 6) is -0.142. The van der Waals surface area contributed by atoms with E-state index in [-0.39, 0.29) is 35.2 Å². The van der Waals surface area contributed by atoms with Crippen molar-refractivity contribution in [3.63, 3.8) is 0 Å². The molecule has 0 unspecified atom stereocenters. The van der Waals surface area contributed by atoms with Gasteiger partial charge in [-0.2, -0.15) is 4.31 Å². The molecule has 0 saturated carbocycles. The molecule has 1 fully saturated rings. The number of phenols is 1. The van der Waals surface area contributed by atoms with Crippen LogP contribution in [0.3, 0.4) is 0 Å². The van der Waals surface area contributed by atoms with Crippen LogP contribution in [0.25, 0.3) is 0 Å². The second-order valence-corrected chi connectivity index (χ2v) is 8.64. The second-order valence-electron chi connectivity index (χ2n) is 4.40. The number of sulfone groups is 1. The SMILES string of the molecule is O=S1(=O)CCCN(S(=O)(=O)c2ccc(O)cc2)CC1. The molecule has 1 aromatic rings. The quantitative estimate of drug-likeness (QED) is 0.843. The van der Waals surface area contributed by atoms with Gasteiger partial charge in [-0.1, -0.05) is 0 Å². The third-order valence-electron chi connectivity index (χ3n) is 2.99. The molecule has 8 heteroatoms. The fourth-order valence-corrected chi connectivity index (χ4v) is 4.79. The van der Waals surface area contributed by atoms with Crippen molar-refractivity contribution in [1.29, 1.82) is 0 Å². The van der Waals surface area contributed by atoms with E-state index in [2.05, 4.69) is 0 Å². The number of sulfonamides is 1. The molecule has 2 rings (SSSR count). The normalized spacial score (nSPS) is 20.8. The number of phenolic OH excluding ortho intramolecular Hbond substituents is 1. The van der Waals surface area contributed by atoms with Gasteiger partial charge in [-0.3, -0.25) is 0 Å². The van der Waals surface area contributed by atoms with Crippen molar-refractivity contribution in [2.24, 2.45) is 0 Å². The molecule has 0 aromatic heterocycles. The Kier molecular flexibility index (Phi) is 3.84. The minimum Gasteiger partial charge on any atom is -0.508 e. The maximum absolute atomic E-state index is 12.3. The van der Waals surface area contributed by atoms with E-state index in [1.165, 1.54) is 28.6 Å². The molecule has 106 valence electrons. The van der Waals surface area contributed by atoms with Crippen LogP contribution in [0, 0.1) is 0 Å². The van der Waals surface area contributed by atoms with E-state index in [0.29, 0.717) is 6.42 Å². The molecule has 6 nitrogen and oxygen atoms in total. The average molecular weight is 305 g/mol. The van der Waals surface area contributed by atoms with E-state index in [1.54, 1.807) is 0 Å². The van der Waals surface area contributed by atoms with Gasteiger partial charge in [-0.25, -0.2) is 16.8 Å². The summed E-state index contributed by atoms with van der Waals surface area (Å²) in [5, 5.41) is 9.16. The Balaban J connectivity index is 2.27. The molecule has 1 aromatic carbocycles. The van der Waals surface area contributed by atoms with Gasteiger partial charge in [-0.05, 0) is 30.7 Å². The van der Waals surface area contributed by atoms with Crippen molar-refractivity contribution in [2.75, 3.05) is 24.6 Å². The van der Waals surface area contributed by atoms with E-state index in [1.807, 2.05) is 0 Å². The lowest BCUT2D eigenvalue weighted by atomic mass is 10.3. The molecule has 1 aliphatic rings. The summed E-state index contributed by atoms with van der Waals surface area (Å²) in [6, 6.07) is 5.21. The smallest absolute Gasteiger partial charge is 0.243 e. The van der Waals surface area contributed by atoms with Crippen molar-refractivity contribution >= 4 is 19.9 Å². The van der Waals surface area contributed by atoms with E-state index in [4.69, 9.17) is 5.11 Å². The van der Waals surface area contributed by atoms with Crippen LogP contribution in [-0.2, 0) is 19.9 Å². The minimum absolute atomic E-state index is 0.0163. The third kappa shape index (κ3) is 3.26. The lowest BCUT2D eigenvalue weighted by Gasteiger charge is -2.19. The first-order valence-corrected chi connectivity index (χ1v) is 9.07. The summed E-state index contributed by atoms with van der Waals surface area (Å²) in [6.07, 6.45) is 0.305. The highest BCUT2D eigenvalue weighted by atomic mass is 32.2. The summed E-state index contributed by atoms with van der Waals surface area (Å²) in [6.45, 7) is 0.175. The fraction of sp³-hybridized carbons (Fsp3) is 0.455. The van der Waals surface area contributed by atoms with Crippen LogP contribution in [0.1, 0.15) is 6.42 Å². The Labute approximate surface area is 112 Å². The van der Waals surface area contributed by atoms with Gasteiger partial charge in [0.25, 0.3) is 0 Å². The predicted molar refractivity (Wildman–Crippen MR) is 70.1 cm³/mol. The topological polar surface area (TPSA) is 91.8 Å². The van der Waals surface area contributed by atoms with Crippen LogP contribution >= 0.6 is 0 Å². The van der Waals surface area contributed by atoms with Gasteiger partial charge in [0.2, 0.25) is 10.0 Å². The zero-order valence-corrected chi connectivity index (χ0v) is 11.8. The number of nitrogens with zero attached hydrogens (tertiary/aromatic N) is 1. The molecule has 0 spiro atoms. The lowest BCUT2D eigenvalue weighted by molar-refractivity contribution is 0.434. The third-order valence-corrected chi connectivity index (χ3v) is 6.62. The van der Waals surface area contributed by atoms with Crippen molar-refractivity contribution in [3.05, 3.63) is 24.3 Å². The number of hydrogen-bond donors (Lipinski definition) is 1. The van der Waals surface area contributed by atoms with Crippen LogP contribution in [-0.4, -0.2) is 50.8 Å². The first-order chi connectivity index (χ1) is 8.81. The molecule has 1 heterocycles. The molecule has 1 aliphatic heterocycles. The molecule has 1 saturated heterocycles. The van der Waals surface area contributed by atoms with E-state index >= 15 is 0 Å². The molecule has 0 aliphatic carbocycles. The Bertz CT molecular complexity index is 649. The molecule has 0 radical (unpaired) electrons. The minimum atomic E-state index is -3.69. The highest BCUT2D eigenvalue weighted by molar-refractivity contribution is 7.91. The molecule has 0 amide bonds. The number of rotatable bonds is 2. The molecule has 0 bridgehead atoms. The fourth-order valence-electron chi connectivity index (χ4n) is 1.92. The van der Waals surface area contributed by atoms with Crippen molar-refractivity contribution < 1.29 is 21.9 Å². The van der Waals surface area contributed by atoms with Gasteiger partial charge in [0.15, 0.2) is 9.84 Å². The number of benzene rings is 1. The average Bonchev–Trinajstić information content (AvgIpc) is 2.51. The first kappa shape index (κ1) is 14.3. The van der Waals surface area contributed by atoms with Crippen molar-refractivity contribution in [1.82, 2.24) is 4.31 Å². The summed E-state index contributed by atoms with van der Waals surface area (Å²) in [7, 11) is -6.84. The molecule has 19 heavy (non-hydrogen) atoms. The lowest BCUT2D eigenvalue weighted by Crippen LogP contribution is -2.33. The molecule has 1 N–H and O–H groups in total. The van der Waals surface area contributed by atoms with Crippen LogP contribution in [0.15, 0.2) is 29.2 Å². The number of aromatic hydroxyl groups is 1. The molecular weight excluding hydrogens is 290 g/mol. The monoisotopic (exact) mass is 305 g/mol. The summed E-state index contributed by atoms with van der Waals surface area (Å²) in [5.41, 5.74) is 0. The van der Waals surface area contributed by atoms with Crippen LogP contribution in [0.2, 0.25) is 0 Å².